The maximum atomic E-state index is 12.7. The molecular weight excluding hydrogens is 271 g/mol. The van der Waals surface area contributed by atoms with Crippen LogP contribution in [0.2, 0.25) is 0 Å². The first kappa shape index (κ1) is 13.6. The van der Waals surface area contributed by atoms with Gasteiger partial charge in [-0.3, -0.25) is 0 Å². The maximum Gasteiger partial charge on any atom is 0.433 e. The first-order chi connectivity index (χ1) is 9.44. The van der Waals surface area contributed by atoms with Crippen molar-refractivity contribution in [2.75, 3.05) is 24.6 Å². The third-order valence-corrected chi connectivity index (χ3v) is 4.57. The van der Waals surface area contributed by atoms with Gasteiger partial charge in [0.2, 0.25) is 5.95 Å². The Kier molecular flexibility index (Phi) is 3.12. The Bertz CT molecular complexity index is 508. The van der Waals surface area contributed by atoms with Crippen molar-refractivity contribution in [3.8, 4) is 0 Å². The van der Waals surface area contributed by atoms with Crippen molar-refractivity contribution in [1.82, 2.24) is 9.97 Å². The van der Waals surface area contributed by atoms with Gasteiger partial charge in [0, 0.05) is 24.7 Å². The van der Waals surface area contributed by atoms with Gasteiger partial charge in [0.05, 0.1) is 6.61 Å². The molecule has 1 saturated carbocycles. The predicted molar refractivity (Wildman–Crippen MR) is 66.1 cm³/mol. The van der Waals surface area contributed by atoms with E-state index in [4.69, 9.17) is 0 Å². The van der Waals surface area contributed by atoms with E-state index in [1.807, 2.05) is 0 Å². The lowest BCUT2D eigenvalue weighted by atomic mass is 9.82. The van der Waals surface area contributed by atoms with Crippen LogP contribution in [0.4, 0.5) is 19.1 Å². The number of nitrogens with zero attached hydrogens (tertiary/aromatic N) is 3. The molecule has 1 aromatic heterocycles. The molecule has 0 unspecified atom stereocenters. The van der Waals surface area contributed by atoms with Crippen molar-refractivity contribution < 1.29 is 18.3 Å². The summed E-state index contributed by atoms with van der Waals surface area (Å²) in [7, 11) is 0. The van der Waals surface area contributed by atoms with Gasteiger partial charge in [0.1, 0.15) is 5.69 Å². The van der Waals surface area contributed by atoms with Crippen LogP contribution in [-0.4, -0.2) is 34.8 Å². The molecule has 0 aromatic carbocycles. The molecule has 1 aromatic rings. The second-order valence-corrected chi connectivity index (χ2v) is 5.73. The molecule has 110 valence electrons. The Hall–Kier alpha value is -1.37. The lowest BCUT2D eigenvalue weighted by Gasteiger charge is -2.25. The van der Waals surface area contributed by atoms with Crippen LogP contribution >= 0.6 is 0 Å². The molecular formula is C13H16F3N3O. The Morgan fingerprint density at radius 3 is 2.90 bits per heavy atom. The second kappa shape index (κ2) is 4.58. The van der Waals surface area contributed by atoms with E-state index in [-0.39, 0.29) is 18.0 Å². The van der Waals surface area contributed by atoms with Crippen molar-refractivity contribution >= 4 is 5.95 Å². The number of hydrogen-bond donors (Lipinski definition) is 1. The monoisotopic (exact) mass is 287 g/mol. The molecule has 1 saturated heterocycles. The Morgan fingerprint density at radius 1 is 1.45 bits per heavy atom. The first-order valence-electron chi connectivity index (χ1n) is 6.71. The van der Waals surface area contributed by atoms with Crippen LogP contribution in [0.15, 0.2) is 12.3 Å². The number of aliphatic hydroxyl groups is 1. The number of halogens is 3. The fraction of sp³-hybridized carbons (Fsp3) is 0.692. The molecule has 4 nitrogen and oxygen atoms in total. The van der Waals surface area contributed by atoms with E-state index < -0.39 is 11.9 Å². The van der Waals surface area contributed by atoms with Gasteiger partial charge in [-0.25, -0.2) is 9.97 Å². The quantitative estimate of drug-likeness (QED) is 0.905. The number of aliphatic hydroxyl groups excluding tert-OH is 1. The molecule has 0 radical (unpaired) electrons. The van der Waals surface area contributed by atoms with Crippen LogP contribution in [-0.2, 0) is 6.18 Å². The Balaban J connectivity index is 1.85. The summed E-state index contributed by atoms with van der Waals surface area (Å²) in [6.45, 7) is 1.24. The topological polar surface area (TPSA) is 49.2 Å². The standard InChI is InChI=1S/C13H16F3N3O/c14-13(15,16)10-3-5-17-11(18-10)19-6-9-2-1-4-12(9,7-19)8-20/h3,5,9,20H,1-2,4,6-8H2/t9-,12+/m0/s1. The minimum absolute atomic E-state index is 0.0765. The molecule has 0 spiro atoms. The van der Waals surface area contributed by atoms with Crippen LogP contribution in [0.5, 0.6) is 0 Å². The molecule has 1 aliphatic carbocycles. The van der Waals surface area contributed by atoms with Gasteiger partial charge in [0.15, 0.2) is 0 Å². The van der Waals surface area contributed by atoms with Crippen LogP contribution in [0.1, 0.15) is 25.0 Å². The number of alkyl halides is 3. The summed E-state index contributed by atoms with van der Waals surface area (Å²) in [6.07, 6.45) is -0.311. The Morgan fingerprint density at radius 2 is 2.25 bits per heavy atom. The highest BCUT2D eigenvalue weighted by atomic mass is 19.4. The fourth-order valence-corrected chi connectivity index (χ4v) is 3.48. The molecule has 20 heavy (non-hydrogen) atoms. The van der Waals surface area contributed by atoms with E-state index in [0.717, 1.165) is 31.5 Å². The highest BCUT2D eigenvalue weighted by Gasteiger charge is 2.49. The third kappa shape index (κ3) is 2.13. The van der Waals surface area contributed by atoms with Crippen LogP contribution in [0.25, 0.3) is 0 Å². The molecule has 2 aliphatic rings. The van der Waals surface area contributed by atoms with Gasteiger partial charge < -0.3 is 10.0 Å². The van der Waals surface area contributed by atoms with Gasteiger partial charge in [-0.2, -0.15) is 13.2 Å². The molecule has 1 N–H and O–H groups in total. The maximum absolute atomic E-state index is 12.7. The zero-order valence-electron chi connectivity index (χ0n) is 10.9. The third-order valence-electron chi connectivity index (χ3n) is 4.57. The minimum Gasteiger partial charge on any atom is -0.396 e. The SMILES string of the molecule is OC[C@]12CCC[C@H]1CN(c1nccc(C(F)(F)F)n1)C2. The van der Waals surface area contributed by atoms with Gasteiger partial charge in [-0.05, 0) is 24.8 Å². The predicted octanol–water partition coefficient (Wildman–Crippen LogP) is 2.09. The van der Waals surface area contributed by atoms with Crippen molar-refractivity contribution in [3.05, 3.63) is 18.0 Å². The van der Waals surface area contributed by atoms with Gasteiger partial charge in [0.25, 0.3) is 0 Å². The molecule has 7 heteroatoms. The number of hydrogen-bond acceptors (Lipinski definition) is 4. The zero-order chi connectivity index (χ0) is 14.4. The summed E-state index contributed by atoms with van der Waals surface area (Å²) in [5.41, 5.74) is -1.10. The number of fused-ring (bicyclic) bond motifs is 1. The van der Waals surface area contributed by atoms with E-state index in [1.165, 1.54) is 0 Å². The van der Waals surface area contributed by atoms with Gasteiger partial charge in [-0.15, -0.1) is 0 Å². The zero-order valence-corrected chi connectivity index (χ0v) is 10.9. The molecule has 2 heterocycles. The lowest BCUT2D eigenvalue weighted by Crippen LogP contribution is -2.31. The first-order valence-corrected chi connectivity index (χ1v) is 6.71. The summed E-state index contributed by atoms with van der Waals surface area (Å²) in [5.74, 6) is 0.438. The molecule has 1 aliphatic heterocycles. The Labute approximate surface area is 114 Å². The summed E-state index contributed by atoms with van der Waals surface area (Å²) < 4.78 is 38.0. The largest absolute Gasteiger partial charge is 0.433 e. The summed E-state index contributed by atoms with van der Waals surface area (Å²) in [6, 6.07) is 0.877. The molecule has 0 bridgehead atoms. The van der Waals surface area contributed by atoms with Crippen molar-refractivity contribution in [3.63, 3.8) is 0 Å². The van der Waals surface area contributed by atoms with Crippen molar-refractivity contribution in [2.24, 2.45) is 11.3 Å². The van der Waals surface area contributed by atoms with Gasteiger partial charge in [-0.1, -0.05) is 6.42 Å². The average Bonchev–Trinajstić information content (AvgIpc) is 2.94. The highest BCUT2D eigenvalue weighted by Crippen LogP contribution is 2.48. The van der Waals surface area contributed by atoms with E-state index >= 15 is 0 Å². The van der Waals surface area contributed by atoms with E-state index in [0.29, 0.717) is 19.0 Å². The highest BCUT2D eigenvalue weighted by molar-refractivity contribution is 5.35. The molecule has 2 atom stereocenters. The van der Waals surface area contributed by atoms with Crippen molar-refractivity contribution in [2.45, 2.75) is 25.4 Å². The summed E-state index contributed by atoms with van der Waals surface area (Å²) in [4.78, 5) is 9.36. The fourth-order valence-electron chi connectivity index (χ4n) is 3.48. The van der Waals surface area contributed by atoms with Crippen LogP contribution < -0.4 is 4.90 Å². The van der Waals surface area contributed by atoms with Crippen molar-refractivity contribution in [1.29, 1.82) is 0 Å². The van der Waals surface area contributed by atoms with Gasteiger partial charge >= 0.3 is 6.18 Å². The minimum atomic E-state index is -4.46. The normalized spacial score (nSPS) is 29.8. The molecule has 0 amide bonds. The lowest BCUT2D eigenvalue weighted by molar-refractivity contribution is -0.141. The average molecular weight is 287 g/mol. The van der Waals surface area contributed by atoms with E-state index in [1.54, 1.807) is 4.90 Å². The smallest absolute Gasteiger partial charge is 0.396 e. The van der Waals surface area contributed by atoms with E-state index in [2.05, 4.69) is 9.97 Å². The van der Waals surface area contributed by atoms with E-state index in [9.17, 15) is 18.3 Å². The second-order valence-electron chi connectivity index (χ2n) is 5.73. The number of rotatable bonds is 2. The molecule has 3 rings (SSSR count). The molecule has 2 fully saturated rings. The van der Waals surface area contributed by atoms with Crippen LogP contribution in [0, 0.1) is 11.3 Å². The summed E-state index contributed by atoms with van der Waals surface area (Å²) in [5, 5.41) is 9.63. The number of anilines is 1. The number of aromatic nitrogens is 2. The van der Waals surface area contributed by atoms with Crippen LogP contribution in [0.3, 0.4) is 0 Å². The summed E-state index contributed by atoms with van der Waals surface area (Å²) >= 11 is 0.